The Kier molecular flexibility index (Phi) is 6.11. The van der Waals surface area contributed by atoms with Gasteiger partial charge in [0.2, 0.25) is 6.79 Å². The zero-order chi connectivity index (χ0) is 16.7. The summed E-state index contributed by atoms with van der Waals surface area (Å²) in [5.74, 6) is -2.38. The van der Waals surface area contributed by atoms with Crippen LogP contribution in [0, 0.1) is 0 Å². The first kappa shape index (κ1) is 17.2. The van der Waals surface area contributed by atoms with Gasteiger partial charge in [-0.2, -0.15) is 0 Å². The van der Waals surface area contributed by atoms with Crippen molar-refractivity contribution in [2.24, 2.45) is 0 Å². The molecule has 22 heavy (non-hydrogen) atoms. The highest BCUT2D eigenvalue weighted by Crippen LogP contribution is 2.29. The molecule has 0 radical (unpaired) electrons. The molecule has 0 saturated carbocycles. The number of hydrogen-bond acceptors (Lipinski definition) is 7. The quantitative estimate of drug-likeness (QED) is 0.540. The molecule has 0 aliphatic rings. The number of methoxy groups -OCH3 is 1. The van der Waals surface area contributed by atoms with Crippen LogP contribution < -0.4 is 14.8 Å². The number of aliphatic carboxylic acids is 1. The number of nitrogens with zero attached hydrogens (tertiary/aromatic N) is 1. The van der Waals surface area contributed by atoms with Gasteiger partial charge in [-0.05, 0) is 6.92 Å². The number of ether oxygens (including phenoxy) is 3. The van der Waals surface area contributed by atoms with Crippen LogP contribution in [0.1, 0.15) is 24.3 Å². The summed E-state index contributed by atoms with van der Waals surface area (Å²) >= 11 is 0. The van der Waals surface area contributed by atoms with Crippen LogP contribution >= 0.6 is 0 Å². The normalized spacial score (nSPS) is 11.2. The molecule has 1 unspecified atom stereocenters. The van der Waals surface area contributed by atoms with E-state index in [0.717, 1.165) is 0 Å². The number of pyridine rings is 1. The Morgan fingerprint density at radius 2 is 2.09 bits per heavy atom. The number of carbonyl (C=O) groups is 3. The SMILES string of the molecule is COc1ccnc(C(=O)NC(C)C(=O)O)c1OCOC(C)=O. The lowest BCUT2D eigenvalue weighted by atomic mass is 10.2. The number of esters is 1. The topological polar surface area (TPSA) is 124 Å². The van der Waals surface area contributed by atoms with Crippen molar-refractivity contribution < 1.29 is 33.7 Å². The molecule has 0 aromatic carbocycles. The van der Waals surface area contributed by atoms with Crippen LogP contribution in [0.25, 0.3) is 0 Å². The average Bonchev–Trinajstić information content (AvgIpc) is 2.46. The van der Waals surface area contributed by atoms with Crippen molar-refractivity contribution >= 4 is 17.8 Å². The Morgan fingerprint density at radius 3 is 2.64 bits per heavy atom. The summed E-state index contributed by atoms with van der Waals surface area (Å²) in [6.45, 7) is 2.07. The minimum atomic E-state index is -1.20. The Labute approximate surface area is 126 Å². The van der Waals surface area contributed by atoms with Gasteiger partial charge in [-0.1, -0.05) is 0 Å². The standard InChI is InChI=1S/C13H16N2O7/c1-7(13(18)19)15-12(17)10-11(22-6-21-8(2)16)9(20-3)4-5-14-10/h4-5,7H,6H2,1-3H3,(H,15,17)(H,18,19). The van der Waals surface area contributed by atoms with E-state index in [1.165, 1.54) is 33.2 Å². The van der Waals surface area contributed by atoms with E-state index >= 15 is 0 Å². The first-order valence-electron chi connectivity index (χ1n) is 6.19. The smallest absolute Gasteiger partial charge is 0.325 e. The van der Waals surface area contributed by atoms with Gasteiger partial charge in [-0.15, -0.1) is 0 Å². The van der Waals surface area contributed by atoms with Crippen molar-refractivity contribution in [3.63, 3.8) is 0 Å². The second-order valence-electron chi connectivity index (χ2n) is 4.12. The van der Waals surface area contributed by atoms with Crippen LogP contribution in [0.2, 0.25) is 0 Å². The third-order valence-corrected chi connectivity index (χ3v) is 2.49. The number of amides is 1. The monoisotopic (exact) mass is 312 g/mol. The summed E-state index contributed by atoms with van der Waals surface area (Å²) < 4.78 is 14.9. The van der Waals surface area contributed by atoms with Crippen LogP contribution in [0.4, 0.5) is 0 Å². The van der Waals surface area contributed by atoms with Gasteiger partial charge in [-0.25, -0.2) is 4.98 Å². The molecule has 1 amide bonds. The van der Waals surface area contributed by atoms with E-state index in [9.17, 15) is 14.4 Å². The van der Waals surface area contributed by atoms with Crippen molar-refractivity contribution in [2.45, 2.75) is 19.9 Å². The zero-order valence-corrected chi connectivity index (χ0v) is 12.3. The van der Waals surface area contributed by atoms with E-state index in [4.69, 9.17) is 14.6 Å². The van der Waals surface area contributed by atoms with E-state index < -0.39 is 30.7 Å². The fraction of sp³-hybridized carbons (Fsp3) is 0.385. The van der Waals surface area contributed by atoms with Gasteiger partial charge in [0.1, 0.15) is 6.04 Å². The molecule has 1 rings (SSSR count). The van der Waals surface area contributed by atoms with Crippen LogP contribution in [0.5, 0.6) is 11.5 Å². The lowest BCUT2D eigenvalue weighted by molar-refractivity contribution is -0.147. The Morgan fingerprint density at radius 1 is 1.41 bits per heavy atom. The number of carbonyl (C=O) groups excluding carboxylic acids is 2. The maximum atomic E-state index is 12.1. The van der Waals surface area contributed by atoms with Crippen LogP contribution in [-0.2, 0) is 14.3 Å². The van der Waals surface area contributed by atoms with Crippen LogP contribution in [0.3, 0.4) is 0 Å². The minimum absolute atomic E-state index is 0.0543. The molecule has 2 N–H and O–H groups in total. The molecule has 9 nitrogen and oxygen atoms in total. The van der Waals surface area contributed by atoms with Gasteiger partial charge in [0.05, 0.1) is 7.11 Å². The highest BCUT2D eigenvalue weighted by atomic mass is 16.7. The van der Waals surface area contributed by atoms with Crippen LogP contribution in [0.15, 0.2) is 12.3 Å². The van der Waals surface area contributed by atoms with Crippen molar-refractivity contribution in [1.29, 1.82) is 0 Å². The first-order chi connectivity index (χ1) is 10.4. The van der Waals surface area contributed by atoms with Gasteiger partial charge >= 0.3 is 11.9 Å². The highest BCUT2D eigenvalue weighted by Gasteiger charge is 2.22. The molecular formula is C13H16N2O7. The van der Waals surface area contributed by atoms with Gasteiger partial charge < -0.3 is 24.6 Å². The van der Waals surface area contributed by atoms with E-state index in [2.05, 4.69) is 15.0 Å². The Balaban J connectivity index is 2.99. The maximum Gasteiger partial charge on any atom is 0.325 e. The number of aromatic nitrogens is 1. The van der Waals surface area contributed by atoms with Gasteiger partial charge in [0.15, 0.2) is 17.2 Å². The van der Waals surface area contributed by atoms with Gasteiger partial charge in [0.25, 0.3) is 5.91 Å². The summed E-state index contributed by atoms with van der Waals surface area (Å²) in [5.41, 5.74) is -0.181. The van der Waals surface area contributed by atoms with Crippen molar-refractivity contribution in [3.8, 4) is 11.5 Å². The molecule has 0 spiro atoms. The Hall–Kier alpha value is -2.84. The molecular weight excluding hydrogens is 296 g/mol. The van der Waals surface area contributed by atoms with Crippen molar-refractivity contribution in [3.05, 3.63) is 18.0 Å². The molecule has 0 saturated heterocycles. The molecule has 1 atom stereocenters. The molecule has 1 heterocycles. The number of rotatable bonds is 7. The molecule has 0 bridgehead atoms. The predicted molar refractivity (Wildman–Crippen MR) is 72.6 cm³/mol. The second-order valence-corrected chi connectivity index (χ2v) is 4.12. The third-order valence-electron chi connectivity index (χ3n) is 2.49. The summed E-state index contributed by atoms with van der Waals surface area (Å²) in [4.78, 5) is 37.4. The molecule has 120 valence electrons. The number of nitrogens with one attached hydrogen (secondary N) is 1. The van der Waals surface area contributed by atoms with Gasteiger partial charge in [0, 0.05) is 19.2 Å². The zero-order valence-electron chi connectivity index (χ0n) is 12.3. The molecule has 1 aromatic rings. The summed E-state index contributed by atoms with van der Waals surface area (Å²) in [7, 11) is 1.36. The maximum absolute atomic E-state index is 12.1. The van der Waals surface area contributed by atoms with Gasteiger partial charge in [-0.3, -0.25) is 14.4 Å². The van der Waals surface area contributed by atoms with Crippen molar-refractivity contribution in [1.82, 2.24) is 10.3 Å². The lowest BCUT2D eigenvalue weighted by Crippen LogP contribution is -2.38. The van der Waals surface area contributed by atoms with Crippen molar-refractivity contribution in [2.75, 3.05) is 13.9 Å². The third kappa shape index (κ3) is 4.62. The molecule has 1 aromatic heterocycles. The van der Waals surface area contributed by atoms with E-state index in [0.29, 0.717) is 0 Å². The largest absolute Gasteiger partial charge is 0.493 e. The highest BCUT2D eigenvalue weighted by molar-refractivity contribution is 5.97. The minimum Gasteiger partial charge on any atom is -0.493 e. The average molecular weight is 312 g/mol. The number of carboxylic acids is 1. The molecule has 0 aliphatic heterocycles. The first-order valence-corrected chi connectivity index (χ1v) is 6.19. The fourth-order valence-corrected chi connectivity index (χ4v) is 1.39. The van der Waals surface area contributed by atoms with E-state index in [1.54, 1.807) is 0 Å². The molecule has 0 fully saturated rings. The van der Waals surface area contributed by atoms with Crippen LogP contribution in [-0.4, -0.2) is 47.9 Å². The Bertz CT molecular complexity index is 574. The molecule has 0 aliphatic carbocycles. The number of hydrogen-bond donors (Lipinski definition) is 2. The lowest BCUT2D eigenvalue weighted by Gasteiger charge is -2.15. The molecule has 9 heteroatoms. The fourth-order valence-electron chi connectivity index (χ4n) is 1.39. The summed E-state index contributed by atoms with van der Waals surface area (Å²) in [6, 6.07) is 0.336. The second kappa shape index (κ2) is 7.81. The number of carboxylic acid groups (broad SMARTS) is 1. The summed E-state index contributed by atoms with van der Waals surface area (Å²) in [6.07, 6.45) is 1.30. The summed E-state index contributed by atoms with van der Waals surface area (Å²) in [5, 5.41) is 11.0. The van der Waals surface area contributed by atoms with E-state index in [1.807, 2.05) is 0 Å². The predicted octanol–water partition coefficient (Wildman–Crippen LogP) is 0.192. The van der Waals surface area contributed by atoms with E-state index in [-0.39, 0.29) is 17.2 Å².